The standard InChI is InChI=1S/C13H20N2O3/c1-2-7-14-9-12(16)15-8-10-5-3-4-6-11(10)13(17)18/h1,10-11,14H,3-9H2,(H,15,16)(H,17,18). The maximum absolute atomic E-state index is 11.4. The quantitative estimate of drug-likeness (QED) is 0.466. The van der Waals surface area contributed by atoms with Crippen LogP contribution in [0.4, 0.5) is 0 Å². The largest absolute Gasteiger partial charge is 0.481 e. The molecule has 1 aliphatic carbocycles. The molecule has 5 heteroatoms. The fraction of sp³-hybridized carbons (Fsp3) is 0.692. The van der Waals surface area contributed by atoms with Gasteiger partial charge >= 0.3 is 5.97 Å². The summed E-state index contributed by atoms with van der Waals surface area (Å²) in [6.45, 7) is 0.969. The SMILES string of the molecule is C#CCNCC(=O)NCC1CCCCC1C(=O)O. The molecule has 18 heavy (non-hydrogen) atoms. The van der Waals surface area contributed by atoms with Crippen molar-refractivity contribution in [2.24, 2.45) is 11.8 Å². The number of aliphatic carboxylic acids is 1. The topological polar surface area (TPSA) is 78.4 Å². The van der Waals surface area contributed by atoms with Gasteiger partial charge in [-0.1, -0.05) is 18.8 Å². The molecule has 0 saturated heterocycles. The molecule has 0 spiro atoms. The first-order valence-electron chi connectivity index (χ1n) is 6.29. The van der Waals surface area contributed by atoms with Gasteiger partial charge in [-0.25, -0.2) is 0 Å². The van der Waals surface area contributed by atoms with Crippen LogP contribution < -0.4 is 10.6 Å². The number of carboxylic acid groups (broad SMARTS) is 1. The van der Waals surface area contributed by atoms with E-state index in [0.717, 1.165) is 19.3 Å². The van der Waals surface area contributed by atoms with Gasteiger partial charge in [-0.15, -0.1) is 6.42 Å². The molecule has 0 aromatic carbocycles. The fourth-order valence-corrected chi connectivity index (χ4v) is 2.33. The lowest BCUT2D eigenvalue weighted by Crippen LogP contribution is -2.40. The van der Waals surface area contributed by atoms with E-state index in [-0.39, 0.29) is 24.3 Å². The van der Waals surface area contributed by atoms with Crippen molar-refractivity contribution in [3.8, 4) is 12.3 Å². The summed E-state index contributed by atoms with van der Waals surface area (Å²) < 4.78 is 0. The van der Waals surface area contributed by atoms with E-state index in [9.17, 15) is 9.59 Å². The third-order valence-electron chi connectivity index (χ3n) is 3.30. The first-order chi connectivity index (χ1) is 8.65. The molecule has 0 bridgehead atoms. The van der Waals surface area contributed by atoms with E-state index in [1.54, 1.807) is 0 Å². The van der Waals surface area contributed by atoms with Crippen LogP contribution >= 0.6 is 0 Å². The van der Waals surface area contributed by atoms with Crippen LogP contribution in [-0.2, 0) is 9.59 Å². The molecule has 3 N–H and O–H groups in total. The van der Waals surface area contributed by atoms with Crippen molar-refractivity contribution in [3.63, 3.8) is 0 Å². The minimum atomic E-state index is -0.751. The van der Waals surface area contributed by atoms with Crippen molar-refractivity contribution in [3.05, 3.63) is 0 Å². The molecule has 0 aromatic rings. The van der Waals surface area contributed by atoms with Gasteiger partial charge in [0, 0.05) is 6.54 Å². The number of amides is 1. The van der Waals surface area contributed by atoms with Gasteiger partial charge in [0.25, 0.3) is 0 Å². The predicted molar refractivity (Wildman–Crippen MR) is 67.8 cm³/mol. The highest BCUT2D eigenvalue weighted by atomic mass is 16.4. The lowest BCUT2D eigenvalue weighted by Gasteiger charge is -2.28. The molecule has 0 radical (unpaired) electrons. The summed E-state index contributed by atoms with van der Waals surface area (Å²) in [7, 11) is 0. The van der Waals surface area contributed by atoms with E-state index >= 15 is 0 Å². The molecule has 1 amide bonds. The van der Waals surface area contributed by atoms with E-state index in [1.807, 2.05) is 0 Å². The van der Waals surface area contributed by atoms with Gasteiger partial charge in [0.1, 0.15) is 0 Å². The van der Waals surface area contributed by atoms with E-state index in [1.165, 1.54) is 0 Å². The molecular formula is C13H20N2O3. The smallest absolute Gasteiger partial charge is 0.306 e. The average Bonchev–Trinajstić information content (AvgIpc) is 2.37. The van der Waals surface area contributed by atoms with Crippen molar-refractivity contribution in [1.82, 2.24) is 10.6 Å². The molecule has 2 atom stereocenters. The number of carbonyl (C=O) groups is 2. The molecule has 0 heterocycles. The van der Waals surface area contributed by atoms with Crippen molar-refractivity contribution < 1.29 is 14.7 Å². The van der Waals surface area contributed by atoms with Crippen LogP contribution in [0.3, 0.4) is 0 Å². The van der Waals surface area contributed by atoms with E-state index in [4.69, 9.17) is 11.5 Å². The van der Waals surface area contributed by atoms with Gasteiger partial charge in [0.2, 0.25) is 5.91 Å². The zero-order valence-electron chi connectivity index (χ0n) is 10.4. The second-order valence-electron chi connectivity index (χ2n) is 4.60. The van der Waals surface area contributed by atoms with E-state index < -0.39 is 5.97 Å². The van der Waals surface area contributed by atoms with Crippen LogP contribution in [0, 0.1) is 24.2 Å². The Balaban J connectivity index is 2.30. The molecule has 1 aliphatic rings. The van der Waals surface area contributed by atoms with E-state index in [0.29, 0.717) is 19.5 Å². The minimum Gasteiger partial charge on any atom is -0.481 e. The highest BCUT2D eigenvalue weighted by Crippen LogP contribution is 2.29. The number of terminal acetylenes is 1. The summed E-state index contributed by atoms with van der Waals surface area (Å²) in [6.07, 6.45) is 8.64. The van der Waals surface area contributed by atoms with Crippen molar-refractivity contribution in [2.75, 3.05) is 19.6 Å². The summed E-state index contributed by atoms with van der Waals surface area (Å²) in [6, 6.07) is 0. The minimum absolute atomic E-state index is 0.0489. The lowest BCUT2D eigenvalue weighted by atomic mass is 9.79. The van der Waals surface area contributed by atoms with Gasteiger partial charge in [-0.2, -0.15) is 0 Å². The predicted octanol–water partition coefficient (Wildman–Crippen LogP) is 0.216. The number of hydrogen-bond donors (Lipinski definition) is 3. The Hall–Kier alpha value is -1.54. The summed E-state index contributed by atoms with van der Waals surface area (Å²) >= 11 is 0. The highest BCUT2D eigenvalue weighted by molar-refractivity contribution is 5.78. The molecule has 0 aliphatic heterocycles. The number of rotatable bonds is 6. The fourth-order valence-electron chi connectivity index (χ4n) is 2.33. The Kier molecular flexibility index (Phi) is 6.23. The van der Waals surface area contributed by atoms with Crippen LogP contribution in [-0.4, -0.2) is 36.6 Å². The molecule has 2 unspecified atom stereocenters. The number of nitrogens with one attached hydrogen (secondary N) is 2. The monoisotopic (exact) mass is 252 g/mol. The molecule has 1 fully saturated rings. The lowest BCUT2D eigenvalue weighted by molar-refractivity contribution is -0.145. The Morgan fingerprint density at radius 1 is 1.33 bits per heavy atom. The third-order valence-corrected chi connectivity index (χ3v) is 3.30. The van der Waals surface area contributed by atoms with Crippen molar-refractivity contribution in [2.45, 2.75) is 25.7 Å². The van der Waals surface area contributed by atoms with Gasteiger partial charge in [0.15, 0.2) is 0 Å². The van der Waals surface area contributed by atoms with E-state index in [2.05, 4.69) is 16.6 Å². The zero-order valence-corrected chi connectivity index (χ0v) is 10.4. The Morgan fingerprint density at radius 3 is 2.72 bits per heavy atom. The summed E-state index contributed by atoms with van der Waals surface area (Å²) in [5, 5.41) is 14.7. The summed E-state index contributed by atoms with van der Waals surface area (Å²) in [5.74, 6) is 1.22. The Morgan fingerprint density at radius 2 is 2.06 bits per heavy atom. The van der Waals surface area contributed by atoms with Gasteiger partial charge < -0.3 is 10.4 Å². The zero-order chi connectivity index (χ0) is 13.4. The summed E-state index contributed by atoms with van der Waals surface area (Å²) in [4.78, 5) is 22.5. The molecule has 1 rings (SSSR count). The molecule has 100 valence electrons. The van der Waals surface area contributed by atoms with Crippen molar-refractivity contribution in [1.29, 1.82) is 0 Å². The average molecular weight is 252 g/mol. The molecule has 0 aromatic heterocycles. The van der Waals surface area contributed by atoms with Gasteiger partial charge in [0.05, 0.1) is 19.0 Å². The molecule has 1 saturated carbocycles. The number of hydrogen-bond acceptors (Lipinski definition) is 3. The first kappa shape index (κ1) is 14.5. The first-order valence-corrected chi connectivity index (χ1v) is 6.29. The van der Waals surface area contributed by atoms with Gasteiger partial charge in [-0.05, 0) is 18.8 Å². The Labute approximate surface area is 107 Å². The van der Waals surface area contributed by atoms with Crippen LogP contribution in [0.1, 0.15) is 25.7 Å². The second kappa shape index (κ2) is 7.72. The van der Waals surface area contributed by atoms with Crippen LogP contribution in [0.25, 0.3) is 0 Å². The van der Waals surface area contributed by atoms with Crippen molar-refractivity contribution >= 4 is 11.9 Å². The van der Waals surface area contributed by atoms with Crippen LogP contribution in [0.15, 0.2) is 0 Å². The molecular weight excluding hydrogens is 232 g/mol. The Bertz CT molecular complexity index is 336. The highest BCUT2D eigenvalue weighted by Gasteiger charge is 2.30. The normalized spacial score (nSPS) is 23.1. The number of carbonyl (C=O) groups excluding carboxylic acids is 1. The van der Waals surface area contributed by atoms with Crippen LogP contribution in [0.2, 0.25) is 0 Å². The third kappa shape index (κ3) is 4.76. The second-order valence-corrected chi connectivity index (χ2v) is 4.60. The maximum Gasteiger partial charge on any atom is 0.306 e. The van der Waals surface area contributed by atoms with Crippen LogP contribution in [0.5, 0.6) is 0 Å². The molecule has 5 nitrogen and oxygen atoms in total. The van der Waals surface area contributed by atoms with Gasteiger partial charge in [-0.3, -0.25) is 14.9 Å². The number of carboxylic acids is 1. The summed E-state index contributed by atoms with van der Waals surface area (Å²) in [5.41, 5.74) is 0. The maximum atomic E-state index is 11.4.